The van der Waals surface area contributed by atoms with Crippen molar-refractivity contribution in [1.82, 2.24) is 0 Å². The van der Waals surface area contributed by atoms with Crippen molar-refractivity contribution in [2.45, 2.75) is 12.5 Å². The van der Waals surface area contributed by atoms with Crippen molar-refractivity contribution < 1.29 is 39.7 Å². The lowest BCUT2D eigenvalue weighted by Crippen LogP contribution is -2.32. The fraction of sp³-hybridized carbons (Fsp3) is 0.0909. The zero-order chi connectivity index (χ0) is 28.1. The Morgan fingerprint density at radius 1 is 0.703 bits per heavy atom. The summed E-state index contributed by atoms with van der Waals surface area (Å²) in [6.07, 6.45) is 0.160. The SMILES string of the molecule is NC(Cc1ccc([N+](=O)[O-])cc1)C(=O)O.O=C(O)c1ccc([N+](=O)[O-])cc1.O=[N+]([O-])c1ccc(O)cc1. The number of aromatic hydroxyl groups is 1. The molecule has 0 aliphatic carbocycles. The van der Waals surface area contributed by atoms with Gasteiger partial charge in [0.25, 0.3) is 17.1 Å². The highest BCUT2D eigenvalue weighted by molar-refractivity contribution is 5.87. The van der Waals surface area contributed by atoms with Gasteiger partial charge in [0.15, 0.2) is 0 Å². The van der Waals surface area contributed by atoms with Gasteiger partial charge in [0.1, 0.15) is 11.8 Å². The van der Waals surface area contributed by atoms with Crippen LogP contribution in [0.4, 0.5) is 17.1 Å². The van der Waals surface area contributed by atoms with Crippen LogP contribution in [-0.4, -0.2) is 48.1 Å². The Bertz CT molecular complexity index is 1210. The van der Waals surface area contributed by atoms with Crippen LogP contribution in [0.25, 0.3) is 0 Å². The zero-order valence-corrected chi connectivity index (χ0v) is 18.7. The molecule has 0 aliphatic heterocycles. The number of nitro groups is 3. The number of rotatable bonds is 7. The van der Waals surface area contributed by atoms with E-state index in [0.717, 1.165) is 12.1 Å². The molecule has 5 N–H and O–H groups in total. The minimum Gasteiger partial charge on any atom is -0.508 e. The summed E-state index contributed by atoms with van der Waals surface area (Å²) < 4.78 is 0. The molecule has 0 heterocycles. The van der Waals surface area contributed by atoms with E-state index in [-0.39, 0.29) is 34.8 Å². The van der Waals surface area contributed by atoms with Gasteiger partial charge in [0.05, 0.1) is 20.3 Å². The van der Waals surface area contributed by atoms with Crippen molar-refractivity contribution in [2.75, 3.05) is 0 Å². The van der Waals surface area contributed by atoms with Gasteiger partial charge in [-0.1, -0.05) is 12.1 Å². The van der Waals surface area contributed by atoms with E-state index >= 15 is 0 Å². The molecule has 37 heavy (non-hydrogen) atoms. The first-order valence-corrected chi connectivity index (χ1v) is 9.94. The summed E-state index contributed by atoms with van der Waals surface area (Å²) >= 11 is 0. The maximum absolute atomic E-state index is 10.4. The van der Waals surface area contributed by atoms with E-state index in [2.05, 4.69) is 0 Å². The molecule has 0 spiro atoms. The van der Waals surface area contributed by atoms with Gasteiger partial charge in [0.2, 0.25) is 0 Å². The van der Waals surface area contributed by atoms with Crippen LogP contribution in [0.15, 0.2) is 72.8 Å². The average Bonchev–Trinajstić information content (AvgIpc) is 2.85. The number of carboxylic acid groups (broad SMARTS) is 2. The largest absolute Gasteiger partial charge is 0.508 e. The fourth-order valence-corrected chi connectivity index (χ4v) is 2.40. The van der Waals surface area contributed by atoms with Gasteiger partial charge in [-0.3, -0.25) is 35.1 Å². The molecule has 3 aromatic carbocycles. The highest BCUT2D eigenvalue weighted by atomic mass is 16.6. The number of carboxylic acids is 2. The van der Waals surface area contributed by atoms with E-state index in [9.17, 15) is 39.9 Å². The normalized spacial score (nSPS) is 10.4. The lowest BCUT2D eigenvalue weighted by Gasteiger charge is -2.05. The molecule has 15 nitrogen and oxygen atoms in total. The number of nitrogens with two attached hydrogens (primary N) is 1. The van der Waals surface area contributed by atoms with Crippen LogP contribution in [0, 0.1) is 30.3 Å². The molecular weight excluding hydrogens is 496 g/mol. The molecule has 3 aromatic rings. The summed E-state index contributed by atoms with van der Waals surface area (Å²) in [6, 6.07) is 14.4. The van der Waals surface area contributed by atoms with Crippen molar-refractivity contribution in [3.05, 3.63) is 114 Å². The number of benzene rings is 3. The topological polar surface area (TPSA) is 250 Å². The first-order chi connectivity index (χ1) is 17.3. The number of phenolic OH excluding ortho intramolecular Hbond substituents is 1. The third-order valence-electron chi connectivity index (χ3n) is 4.31. The predicted octanol–water partition coefficient (Wildman–Crippen LogP) is 3.14. The fourth-order valence-electron chi connectivity index (χ4n) is 2.40. The van der Waals surface area contributed by atoms with Crippen LogP contribution in [0.3, 0.4) is 0 Å². The Morgan fingerprint density at radius 2 is 1.05 bits per heavy atom. The second-order valence-electron chi connectivity index (χ2n) is 6.96. The number of non-ortho nitro benzene ring substituents is 3. The molecule has 15 heteroatoms. The number of carbonyl (C=O) groups is 2. The number of aromatic carboxylic acids is 1. The number of aliphatic carboxylic acids is 1. The van der Waals surface area contributed by atoms with Crippen molar-refractivity contribution in [3.8, 4) is 5.75 Å². The first kappa shape index (κ1) is 29.6. The standard InChI is InChI=1S/C9H10N2O4.C7H5NO4.C6H5NO3/c10-8(9(12)13)5-6-1-3-7(4-2-6)11(14)15;9-7(10)5-1-3-6(4-2-5)8(11)12;8-6-3-1-5(2-4-6)7(9)10/h1-4,8H,5,10H2,(H,12,13);1-4H,(H,9,10);1-4,8H. The van der Waals surface area contributed by atoms with Gasteiger partial charge in [0, 0.05) is 36.4 Å². The Hall–Kier alpha value is -5.44. The van der Waals surface area contributed by atoms with Crippen molar-refractivity contribution >= 4 is 29.0 Å². The second-order valence-corrected chi connectivity index (χ2v) is 6.96. The molecule has 0 fully saturated rings. The highest BCUT2D eigenvalue weighted by Gasteiger charge is 2.13. The Morgan fingerprint density at radius 3 is 1.38 bits per heavy atom. The number of hydrogen-bond donors (Lipinski definition) is 4. The van der Waals surface area contributed by atoms with Crippen molar-refractivity contribution in [1.29, 1.82) is 0 Å². The summed E-state index contributed by atoms with van der Waals surface area (Å²) in [5.74, 6) is -2.15. The molecule has 0 aromatic heterocycles. The molecule has 0 bridgehead atoms. The molecule has 1 unspecified atom stereocenters. The number of nitro benzene ring substituents is 3. The van der Waals surface area contributed by atoms with Crippen LogP contribution >= 0.6 is 0 Å². The van der Waals surface area contributed by atoms with Gasteiger partial charge >= 0.3 is 11.9 Å². The Labute approximate surface area is 207 Å². The quantitative estimate of drug-likeness (QED) is 0.261. The van der Waals surface area contributed by atoms with Crippen LogP contribution in [0.1, 0.15) is 15.9 Å². The summed E-state index contributed by atoms with van der Waals surface area (Å²) in [4.78, 5) is 49.7. The average molecular weight is 516 g/mol. The van der Waals surface area contributed by atoms with E-state index in [0.29, 0.717) is 5.56 Å². The summed E-state index contributed by atoms with van der Waals surface area (Å²) in [5, 5.41) is 56.2. The molecule has 0 radical (unpaired) electrons. The number of phenols is 1. The van der Waals surface area contributed by atoms with E-state index < -0.39 is 32.8 Å². The van der Waals surface area contributed by atoms with Crippen molar-refractivity contribution in [3.63, 3.8) is 0 Å². The van der Waals surface area contributed by atoms with E-state index in [1.807, 2.05) is 0 Å². The summed E-state index contributed by atoms with van der Waals surface area (Å²) in [7, 11) is 0. The number of hydrogen-bond acceptors (Lipinski definition) is 10. The molecule has 1 atom stereocenters. The van der Waals surface area contributed by atoms with Crippen LogP contribution in [-0.2, 0) is 11.2 Å². The monoisotopic (exact) mass is 516 g/mol. The van der Waals surface area contributed by atoms with Gasteiger partial charge in [-0.2, -0.15) is 0 Å². The molecule has 0 saturated heterocycles. The maximum Gasteiger partial charge on any atom is 0.335 e. The lowest BCUT2D eigenvalue weighted by atomic mass is 10.1. The molecule has 194 valence electrons. The molecular formula is C22H20N4O11. The van der Waals surface area contributed by atoms with Gasteiger partial charge in [-0.25, -0.2) is 4.79 Å². The van der Waals surface area contributed by atoms with E-state index in [1.165, 1.54) is 60.7 Å². The third kappa shape index (κ3) is 10.6. The second kappa shape index (κ2) is 14.1. The van der Waals surface area contributed by atoms with Crippen LogP contribution in [0.2, 0.25) is 0 Å². The molecule has 0 amide bonds. The Kier molecular flexibility index (Phi) is 11.3. The lowest BCUT2D eigenvalue weighted by molar-refractivity contribution is -0.385. The molecule has 3 rings (SSSR count). The van der Waals surface area contributed by atoms with Crippen LogP contribution < -0.4 is 5.73 Å². The predicted molar refractivity (Wildman–Crippen MR) is 127 cm³/mol. The zero-order valence-electron chi connectivity index (χ0n) is 18.7. The molecule has 0 saturated carbocycles. The van der Waals surface area contributed by atoms with E-state index in [4.69, 9.17) is 21.1 Å². The van der Waals surface area contributed by atoms with E-state index in [1.54, 1.807) is 0 Å². The summed E-state index contributed by atoms with van der Waals surface area (Å²) in [6.45, 7) is 0. The maximum atomic E-state index is 10.4. The molecule has 0 aliphatic rings. The third-order valence-corrected chi connectivity index (χ3v) is 4.31. The smallest absolute Gasteiger partial charge is 0.335 e. The minimum absolute atomic E-state index is 0.0159. The first-order valence-electron chi connectivity index (χ1n) is 9.94. The van der Waals surface area contributed by atoms with Gasteiger partial charge in [-0.15, -0.1) is 0 Å². The van der Waals surface area contributed by atoms with Crippen molar-refractivity contribution in [2.24, 2.45) is 5.73 Å². The van der Waals surface area contributed by atoms with Gasteiger partial charge in [-0.05, 0) is 36.2 Å². The highest BCUT2D eigenvalue weighted by Crippen LogP contribution is 2.15. The summed E-state index contributed by atoms with van der Waals surface area (Å²) in [5.41, 5.74) is 5.87. The Balaban J connectivity index is 0.000000283. The van der Waals surface area contributed by atoms with Crippen LogP contribution in [0.5, 0.6) is 5.75 Å². The van der Waals surface area contributed by atoms with Gasteiger partial charge < -0.3 is 21.1 Å². The number of nitrogens with zero attached hydrogens (tertiary/aromatic N) is 3. The minimum atomic E-state index is -1.09.